The van der Waals surface area contributed by atoms with Gasteiger partial charge in [-0.2, -0.15) is 0 Å². The summed E-state index contributed by atoms with van der Waals surface area (Å²) in [5, 5.41) is 4.43. The molecule has 0 unspecified atom stereocenters. The third-order valence-electron chi connectivity index (χ3n) is 2.70. The molecular weight excluding hydrogens is 276 g/mol. The first kappa shape index (κ1) is 13.9. The van der Waals surface area contributed by atoms with Crippen LogP contribution in [0.4, 0.5) is 5.69 Å². The molecule has 0 saturated heterocycles. The molecule has 0 aliphatic heterocycles. The average molecular weight is 292 g/mol. The predicted octanol–water partition coefficient (Wildman–Crippen LogP) is 2.71. The number of nitrogens with zero attached hydrogens (tertiary/aromatic N) is 2. The van der Waals surface area contributed by atoms with E-state index in [0.717, 1.165) is 27.6 Å². The lowest BCUT2D eigenvalue weighted by Crippen LogP contribution is -2.16. The Hall–Kier alpha value is -1.53. The van der Waals surface area contributed by atoms with Gasteiger partial charge in [0.2, 0.25) is 0 Å². The molecule has 6 heteroatoms. The molecule has 19 heavy (non-hydrogen) atoms. The van der Waals surface area contributed by atoms with Crippen molar-refractivity contribution in [2.75, 3.05) is 5.32 Å². The Morgan fingerprint density at radius 2 is 2.16 bits per heavy atom. The van der Waals surface area contributed by atoms with Gasteiger partial charge >= 0.3 is 0 Å². The highest BCUT2D eigenvalue weighted by molar-refractivity contribution is 7.80. The summed E-state index contributed by atoms with van der Waals surface area (Å²) in [5.74, 6) is 0. The van der Waals surface area contributed by atoms with Crippen molar-refractivity contribution < 1.29 is 0 Å². The molecule has 2 rings (SSSR count). The summed E-state index contributed by atoms with van der Waals surface area (Å²) in [5.41, 5.74) is 9.34. The fraction of sp³-hybridized carbons (Fsp3) is 0.308. The van der Waals surface area contributed by atoms with Gasteiger partial charge in [0.1, 0.15) is 4.99 Å². The van der Waals surface area contributed by atoms with Crippen LogP contribution in [-0.2, 0) is 6.54 Å². The monoisotopic (exact) mass is 292 g/mol. The Morgan fingerprint density at radius 3 is 2.74 bits per heavy atom. The Morgan fingerprint density at radius 1 is 1.42 bits per heavy atom. The van der Waals surface area contributed by atoms with Crippen molar-refractivity contribution in [2.45, 2.75) is 27.3 Å². The van der Waals surface area contributed by atoms with Gasteiger partial charge in [-0.1, -0.05) is 12.2 Å². The number of aryl methyl sites for hydroxylation is 3. The first-order chi connectivity index (χ1) is 8.97. The number of anilines is 1. The number of hydrogen-bond donors (Lipinski definition) is 2. The van der Waals surface area contributed by atoms with E-state index < -0.39 is 0 Å². The highest BCUT2D eigenvalue weighted by Gasteiger charge is 2.11. The Labute approximate surface area is 122 Å². The molecule has 4 nitrogen and oxygen atoms in total. The van der Waals surface area contributed by atoms with E-state index in [9.17, 15) is 0 Å². The molecule has 0 aliphatic rings. The maximum Gasteiger partial charge on any atom is 0.107 e. The molecule has 100 valence electrons. The fourth-order valence-corrected chi connectivity index (χ4v) is 2.94. The molecule has 0 fully saturated rings. The lowest BCUT2D eigenvalue weighted by atomic mass is 10.1. The van der Waals surface area contributed by atoms with Crippen molar-refractivity contribution in [1.29, 1.82) is 0 Å². The summed E-state index contributed by atoms with van der Waals surface area (Å²) in [4.78, 5) is 10.2. The Kier molecular flexibility index (Phi) is 4.11. The number of nitrogens with two attached hydrogens (primary N) is 1. The van der Waals surface area contributed by atoms with Crippen LogP contribution in [-0.4, -0.2) is 15.0 Å². The average Bonchev–Trinajstić information content (AvgIpc) is 2.71. The maximum absolute atomic E-state index is 5.78. The minimum atomic E-state index is 0.369. The first-order valence-electron chi connectivity index (χ1n) is 5.90. The zero-order valence-corrected chi connectivity index (χ0v) is 12.8. The van der Waals surface area contributed by atoms with Crippen molar-refractivity contribution in [3.05, 3.63) is 39.1 Å². The smallest absolute Gasteiger partial charge is 0.107 e. The molecule has 2 heterocycles. The van der Waals surface area contributed by atoms with Crippen LogP contribution in [0.2, 0.25) is 0 Å². The zero-order valence-electron chi connectivity index (χ0n) is 11.2. The number of thiazole rings is 1. The van der Waals surface area contributed by atoms with Gasteiger partial charge in [0.15, 0.2) is 0 Å². The van der Waals surface area contributed by atoms with Gasteiger partial charge in [-0.15, -0.1) is 11.3 Å². The zero-order chi connectivity index (χ0) is 14.0. The fourth-order valence-electron chi connectivity index (χ4n) is 1.95. The Balaban J connectivity index is 2.26. The minimum absolute atomic E-state index is 0.369. The van der Waals surface area contributed by atoms with Gasteiger partial charge in [0, 0.05) is 28.1 Å². The van der Waals surface area contributed by atoms with Crippen LogP contribution in [0.3, 0.4) is 0 Å². The van der Waals surface area contributed by atoms with Gasteiger partial charge in [0.25, 0.3) is 0 Å². The molecule has 0 saturated carbocycles. The van der Waals surface area contributed by atoms with Crippen molar-refractivity contribution >= 4 is 34.2 Å². The lowest BCUT2D eigenvalue weighted by molar-refractivity contribution is 1.09. The number of nitrogens with one attached hydrogen (secondary N) is 1. The number of hydrogen-bond acceptors (Lipinski definition) is 5. The largest absolute Gasteiger partial charge is 0.389 e. The van der Waals surface area contributed by atoms with Crippen LogP contribution >= 0.6 is 23.6 Å². The van der Waals surface area contributed by atoms with Crippen LogP contribution in [0.25, 0.3) is 0 Å². The quantitative estimate of drug-likeness (QED) is 0.848. The molecule has 2 aromatic heterocycles. The van der Waals surface area contributed by atoms with Gasteiger partial charge in [0.05, 0.1) is 17.1 Å². The van der Waals surface area contributed by atoms with Crippen LogP contribution in [0.15, 0.2) is 12.3 Å². The Bertz CT molecular complexity index is 619. The van der Waals surface area contributed by atoms with E-state index in [-0.39, 0.29) is 0 Å². The third-order valence-corrected chi connectivity index (χ3v) is 3.81. The molecule has 0 bridgehead atoms. The van der Waals surface area contributed by atoms with Crippen LogP contribution in [0, 0.1) is 20.8 Å². The molecule has 0 aromatic carbocycles. The number of pyridine rings is 1. The van der Waals surface area contributed by atoms with Crippen molar-refractivity contribution in [3.8, 4) is 0 Å². The van der Waals surface area contributed by atoms with Gasteiger partial charge < -0.3 is 11.1 Å². The molecule has 0 spiro atoms. The van der Waals surface area contributed by atoms with Crippen LogP contribution in [0.1, 0.15) is 26.8 Å². The van der Waals surface area contributed by atoms with E-state index in [1.165, 1.54) is 4.88 Å². The first-order valence-corrected chi connectivity index (χ1v) is 7.13. The normalized spacial score (nSPS) is 10.5. The second-order valence-corrected chi connectivity index (χ2v) is 6.09. The molecule has 0 aliphatic carbocycles. The SMILES string of the molecule is Cc1cc(NCc2cnc(C)s2)c(C(N)=S)c(C)n1. The van der Waals surface area contributed by atoms with Crippen molar-refractivity contribution in [3.63, 3.8) is 0 Å². The van der Waals surface area contributed by atoms with E-state index in [2.05, 4.69) is 15.3 Å². The van der Waals surface area contributed by atoms with Crippen LogP contribution < -0.4 is 11.1 Å². The van der Waals surface area contributed by atoms with Crippen molar-refractivity contribution in [2.24, 2.45) is 5.73 Å². The number of rotatable bonds is 4. The molecule has 0 atom stereocenters. The molecule has 0 amide bonds. The standard InChI is InChI=1S/C13H16N4S2/c1-7-4-11(12(13(14)18)8(2)17-7)16-6-10-5-15-9(3)19-10/h4-5H,6H2,1-3H3,(H2,14,18)(H,16,17). The highest BCUT2D eigenvalue weighted by Crippen LogP contribution is 2.21. The molecule has 0 radical (unpaired) electrons. The van der Waals surface area contributed by atoms with E-state index in [1.807, 2.05) is 33.0 Å². The minimum Gasteiger partial charge on any atom is -0.389 e. The number of thiocarbonyl (C=S) groups is 1. The van der Waals surface area contributed by atoms with Crippen molar-refractivity contribution in [1.82, 2.24) is 9.97 Å². The van der Waals surface area contributed by atoms with Crippen LogP contribution in [0.5, 0.6) is 0 Å². The highest BCUT2D eigenvalue weighted by atomic mass is 32.1. The second-order valence-electron chi connectivity index (χ2n) is 4.34. The topological polar surface area (TPSA) is 63.8 Å². The predicted molar refractivity (Wildman–Crippen MR) is 83.8 cm³/mol. The van der Waals surface area contributed by atoms with E-state index in [4.69, 9.17) is 18.0 Å². The third kappa shape index (κ3) is 3.27. The summed E-state index contributed by atoms with van der Waals surface area (Å²) >= 11 is 6.78. The van der Waals surface area contributed by atoms with Gasteiger partial charge in [-0.25, -0.2) is 4.98 Å². The maximum atomic E-state index is 5.78. The summed E-state index contributed by atoms with van der Waals surface area (Å²) in [7, 11) is 0. The molecule has 3 N–H and O–H groups in total. The van der Waals surface area contributed by atoms with E-state index in [1.54, 1.807) is 11.3 Å². The lowest BCUT2D eigenvalue weighted by Gasteiger charge is -2.13. The summed E-state index contributed by atoms with van der Waals surface area (Å²) in [6.45, 7) is 6.58. The van der Waals surface area contributed by atoms with Gasteiger partial charge in [-0.3, -0.25) is 4.98 Å². The second kappa shape index (κ2) is 5.63. The summed E-state index contributed by atoms with van der Waals surface area (Å²) < 4.78 is 0. The molecule has 2 aromatic rings. The number of aromatic nitrogens is 2. The van der Waals surface area contributed by atoms with E-state index in [0.29, 0.717) is 11.5 Å². The van der Waals surface area contributed by atoms with Gasteiger partial charge in [-0.05, 0) is 26.8 Å². The summed E-state index contributed by atoms with van der Waals surface area (Å²) in [6.07, 6.45) is 1.88. The summed E-state index contributed by atoms with van der Waals surface area (Å²) in [6, 6.07) is 1.97. The van der Waals surface area contributed by atoms with E-state index >= 15 is 0 Å². The molecular formula is C13H16N4S2.